The molecule has 108 valence electrons. The van der Waals surface area contributed by atoms with Crippen molar-refractivity contribution in [3.05, 3.63) is 34.9 Å². The molecule has 0 radical (unpaired) electrons. The van der Waals surface area contributed by atoms with Gasteiger partial charge in [0.15, 0.2) is 5.78 Å². The van der Waals surface area contributed by atoms with Gasteiger partial charge in [0.25, 0.3) is 0 Å². The fourth-order valence-corrected chi connectivity index (χ4v) is 3.63. The number of halogens is 1. The number of hydrogen-bond donors (Lipinski definition) is 0. The molecule has 3 nitrogen and oxygen atoms in total. The largest absolute Gasteiger partial charge is 0.379 e. The number of hydrogen-bond acceptors (Lipinski definition) is 3. The van der Waals surface area contributed by atoms with Gasteiger partial charge in [-0.1, -0.05) is 24.4 Å². The Hall–Kier alpha value is -0.900. The summed E-state index contributed by atoms with van der Waals surface area (Å²) in [4.78, 5) is 15.4. The van der Waals surface area contributed by atoms with E-state index in [1.807, 2.05) is 12.1 Å². The highest BCUT2D eigenvalue weighted by Gasteiger charge is 2.46. The predicted molar refractivity (Wildman–Crippen MR) is 79.4 cm³/mol. The molecule has 4 heteroatoms. The van der Waals surface area contributed by atoms with Crippen LogP contribution in [0.5, 0.6) is 0 Å². The Labute approximate surface area is 124 Å². The second kappa shape index (κ2) is 5.84. The average molecular weight is 294 g/mol. The van der Waals surface area contributed by atoms with Crippen LogP contribution in [0.2, 0.25) is 5.02 Å². The summed E-state index contributed by atoms with van der Waals surface area (Å²) < 4.78 is 5.44. The van der Waals surface area contributed by atoms with E-state index in [0.717, 1.165) is 57.6 Å². The van der Waals surface area contributed by atoms with Crippen LogP contribution < -0.4 is 0 Å². The number of nitrogens with zero attached hydrogens (tertiary/aromatic N) is 1. The molecule has 0 unspecified atom stereocenters. The minimum absolute atomic E-state index is 0.258. The quantitative estimate of drug-likeness (QED) is 0.802. The third-order valence-electron chi connectivity index (χ3n) is 4.58. The molecule has 0 amide bonds. The van der Waals surface area contributed by atoms with Crippen molar-refractivity contribution in [3.63, 3.8) is 0 Å². The van der Waals surface area contributed by atoms with Gasteiger partial charge in [-0.3, -0.25) is 9.69 Å². The molecule has 0 spiro atoms. The van der Waals surface area contributed by atoms with E-state index in [0.29, 0.717) is 5.02 Å². The summed E-state index contributed by atoms with van der Waals surface area (Å²) in [5.41, 5.74) is 0.472. The van der Waals surface area contributed by atoms with Crippen LogP contribution in [0.3, 0.4) is 0 Å². The molecule has 2 fully saturated rings. The summed E-state index contributed by atoms with van der Waals surface area (Å²) >= 11 is 5.92. The molecule has 1 aliphatic heterocycles. The number of rotatable bonds is 3. The lowest BCUT2D eigenvalue weighted by molar-refractivity contribution is -0.0130. The van der Waals surface area contributed by atoms with Gasteiger partial charge < -0.3 is 4.74 Å². The number of benzene rings is 1. The zero-order valence-electron chi connectivity index (χ0n) is 11.6. The molecule has 0 N–H and O–H groups in total. The van der Waals surface area contributed by atoms with Crippen molar-refractivity contribution in [2.45, 2.75) is 31.2 Å². The van der Waals surface area contributed by atoms with E-state index < -0.39 is 0 Å². The van der Waals surface area contributed by atoms with Crippen LogP contribution in [-0.4, -0.2) is 42.5 Å². The standard InChI is InChI=1S/C16H20ClNO2/c17-14-5-3-13(4-6-14)15(19)16(7-1-2-8-16)18-9-11-20-12-10-18/h3-6H,1-2,7-12H2. The minimum Gasteiger partial charge on any atom is -0.379 e. The van der Waals surface area contributed by atoms with Gasteiger partial charge in [0.05, 0.1) is 18.8 Å². The zero-order chi connectivity index (χ0) is 14.0. The van der Waals surface area contributed by atoms with E-state index in [4.69, 9.17) is 16.3 Å². The lowest BCUT2D eigenvalue weighted by atomic mass is 9.85. The van der Waals surface area contributed by atoms with Gasteiger partial charge in [-0.15, -0.1) is 0 Å². The summed E-state index contributed by atoms with van der Waals surface area (Å²) in [5, 5.41) is 0.674. The van der Waals surface area contributed by atoms with E-state index in [1.165, 1.54) is 0 Å². The normalized spacial score (nSPS) is 22.9. The van der Waals surface area contributed by atoms with E-state index >= 15 is 0 Å². The van der Waals surface area contributed by atoms with Crippen LogP contribution in [0.15, 0.2) is 24.3 Å². The molecular formula is C16H20ClNO2. The van der Waals surface area contributed by atoms with Crippen LogP contribution in [0.25, 0.3) is 0 Å². The van der Waals surface area contributed by atoms with Gasteiger partial charge in [0.2, 0.25) is 0 Å². The van der Waals surface area contributed by atoms with Gasteiger partial charge >= 0.3 is 0 Å². The zero-order valence-corrected chi connectivity index (χ0v) is 12.4. The molecule has 0 atom stereocenters. The molecule has 20 heavy (non-hydrogen) atoms. The van der Waals surface area contributed by atoms with E-state index in [-0.39, 0.29) is 11.3 Å². The number of carbonyl (C=O) groups excluding carboxylic acids is 1. The molecule has 0 aromatic heterocycles. The highest BCUT2D eigenvalue weighted by atomic mass is 35.5. The highest BCUT2D eigenvalue weighted by molar-refractivity contribution is 6.30. The van der Waals surface area contributed by atoms with Crippen molar-refractivity contribution >= 4 is 17.4 Å². The summed E-state index contributed by atoms with van der Waals surface area (Å²) in [6.07, 6.45) is 4.20. The van der Waals surface area contributed by atoms with Crippen LogP contribution in [0.4, 0.5) is 0 Å². The van der Waals surface area contributed by atoms with Gasteiger partial charge in [0.1, 0.15) is 0 Å². The fraction of sp³-hybridized carbons (Fsp3) is 0.562. The number of Topliss-reactive ketones (excluding diaryl/α,β-unsaturated/α-hetero) is 1. The molecule has 1 saturated heterocycles. The molecule has 1 aromatic carbocycles. The number of ether oxygens (including phenoxy) is 1. The van der Waals surface area contributed by atoms with Gasteiger partial charge in [-0.2, -0.15) is 0 Å². The number of ketones is 1. The average Bonchev–Trinajstić information content (AvgIpc) is 2.99. The lowest BCUT2D eigenvalue weighted by Gasteiger charge is -2.42. The molecular weight excluding hydrogens is 274 g/mol. The molecule has 1 heterocycles. The smallest absolute Gasteiger partial charge is 0.183 e. The van der Waals surface area contributed by atoms with E-state index in [1.54, 1.807) is 12.1 Å². The maximum Gasteiger partial charge on any atom is 0.183 e. The summed E-state index contributed by atoms with van der Waals surface area (Å²) in [7, 11) is 0. The minimum atomic E-state index is -0.308. The number of morpholine rings is 1. The first-order chi connectivity index (χ1) is 9.72. The lowest BCUT2D eigenvalue weighted by Crippen LogP contribution is -2.56. The second-order valence-corrected chi connectivity index (χ2v) is 6.11. The fourth-order valence-electron chi connectivity index (χ4n) is 3.51. The van der Waals surface area contributed by atoms with Crippen LogP contribution in [0, 0.1) is 0 Å². The first kappa shape index (κ1) is 14.1. The highest BCUT2D eigenvalue weighted by Crippen LogP contribution is 2.38. The van der Waals surface area contributed by atoms with Gasteiger partial charge in [0, 0.05) is 23.7 Å². The van der Waals surface area contributed by atoms with Gasteiger partial charge in [-0.25, -0.2) is 0 Å². The predicted octanol–water partition coefficient (Wildman–Crippen LogP) is 3.17. The Kier molecular flexibility index (Phi) is 4.11. The van der Waals surface area contributed by atoms with Crippen molar-refractivity contribution in [2.24, 2.45) is 0 Å². The third kappa shape index (κ3) is 2.50. The summed E-state index contributed by atoms with van der Waals surface area (Å²) in [6, 6.07) is 7.31. The first-order valence-electron chi connectivity index (χ1n) is 7.35. The first-order valence-corrected chi connectivity index (χ1v) is 7.73. The Balaban J connectivity index is 1.89. The maximum absolute atomic E-state index is 13.1. The van der Waals surface area contributed by atoms with Crippen molar-refractivity contribution < 1.29 is 9.53 Å². The van der Waals surface area contributed by atoms with E-state index in [2.05, 4.69) is 4.90 Å². The van der Waals surface area contributed by atoms with Crippen LogP contribution in [0.1, 0.15) is 36.0 Å². The second-order valence-electron chi connectivity index (χ2n) is 5.67. The van der Waals surface area contributed by atoms with Crippen molar-refractivity contribution in [1.29, 1.82) is 0 Å². The Morgan fingerprint density at radius 3 is 2.30 bits per heavy atom. The molecule has 1 aromatic rings. The van der Waals surface area contributed by atoms with Crippen LogP contribution in [-0.2, 0) is 4.74 Å². The Bertz CT molecular complexity index is 474. The SMILES string of the molecule is O=C(c1ccc(Cl)cc1)C1(N2CCOCC2)CCCC1. The topological polar surface area (TPSA) is 29.5 Å². The molecule has 0 bridgehead atoms. The van der Waals surface area contributed by atoms with Crippen molar-refractivity contribution in [3.8, 4) is 0 Å². The monoisotopic (exact) mass is 293 g/mol. The molecule has 2 aliphatic rings. The molecule has 1 saturated carbocycles. The van der Waals surface area contributed by atoms with E-state index in [9.17, 15) is 4.79 Å². The summed E-state index contributed by atoms with van der Waals surface area (Å²) in [6.45, 7) is 3.18. The van der Waals surface area contributed by atoms with Crippen molar-refractivity contribution in [1.82, 2.24) is 4.90 Å². The Morgan fingerprint density at radius 2 is 1.70 bits per heavy atom. The van der Waals surface area contributed by atoms with Gasteiger partial charge in [-0.05, 0) is 37.1 Å². The van der Waals surface area contributed by atoms with Crippen LogP contribution >= 0.6 is 11.6 Å². The Morgan fingerprint density at radius 1 is 1.10 bits per heavy atom. The molecule has 3 rings (SSSR count). The number of carbonyl (C=O) groups is 1. The molecule has 1 aliphatic carbocycles. The summed E-state index contributed by atoms with van der Waals surface area (Å²) in [5.74, 6) is 0.258. The third-order valence-corrected chi connectivity index (χ3v) is 4.83. The van der Waals surface area contributed by atoms with Crippen molar-refractivity contribution in [2.75, 3.05) is 26.3 Å². The maximum atomic E-state index is 13.1.